The van der Waals surface area contributed by atoms with Gasteiger partial charge in [0.25, 0.3) is 0 Å². The number of rotatable bonds is 12. The Morgan fingerprint density at radius 3 is 2.72 bits per heavy atom. The molecule has 8 N–H and O–H groups in total. The van der Waals surface area contributed by atoms with Gasteiger partial charge in [0.1, 0.15) is 12.8 Å². The molecule has 0 saturated heterocycles. The summed E-state index contributed by atoms with van der Waals surface area (Å²) in [7, 11) is 0. The fourth-order valence-corrected chi connectivity index (χ4v) is 9.77. The molecule has 10 nitrogen and oxygen atoms in total. The van der Waals surface area contributed by atoms with Crippen molar-refractivity contribution in [2.75, 3.05) is 33.0 Å². The van der Waals surface area contributed by atoms with Gasteiger partial charge in [0.05, 0.1) is 24.7 Å². The number of hydrogen-bond acceptors (Lipinski definition) is 9. The molecule has 1 spiro atoms. The Morgan fingerprint density at radius 1 is 1.16 bits per heavy atom. The molecular formula is C47H65N3O7. The number of ketones is 1. The maximum absolute atomic E-state index is 14.2. The number of aliphatic hydroxyl groups is 4. The molecule has 7 atom stereocenters. The number of hydrogen-bond donors (Lipinski definition) is 7. The van der Waals surface area contributed by atoms with Crippen LogP contribution in [0.2, 0.25) is 0 Å². The number of nitrogens with two attached hydrogens (primary N) is 1. The summed E-state index contributed by atoms with van der Waals surface area (Å²) >= 11 is 0. The fraction of sp³-hybridized carbons (Fsp3) is 0.574. The molecule has 1 amide bonds. The summed E-state index contributed by atoms with van der Waals surface area (Å²) in [5, 5.41) is 50.7. The molecule has 0 radical (unpaired) electrons. The Labute approximate surface area is 339 Å². The second-order valence-corrected chi connectivity index (χ2v) is 16.7. The standard InChI is InChI=1S/C47H65N3O7/c1-31-12-5-8-27-57-30-35(15-9-13-32(2)41(19-18-31)49-24-6-7-25-51)37-21-23-47(44(37)55)40(17-11-26-52)36(20-22-46(47,4)56)33(3)42(53)28-34-14-10-16-38-39(34)29-43(54)50-45(38)48/h9-10,13-16,18,37,40-41,44-45,49,51-52,55-56H,2,6-7,11-12,17,19-30,48H2,1,3-4H3,(H,50,54)/b13-9+,31-18+,35-15-,36-33+/t37-,40-,41+,44-,45+,46-,47-/m1/s1. The Kier molecular flexibility index (Phi) is 15.9. The molecule has 2 saturated carbocycles. The molecular weight excluding hydrogens is 719 g/mol. The summed E-state index contributed by atoms with van der Waals surface area (Å²) < 4.78 is 6.12. The van der Waals surface area contributed by atoms with Crippen LogP contribution in [0.15, 0.2) is 76.9 Å². The third kappa shape index (κ3) is 10.3. The molecule has 1 aromatic rings. The van der Waals surface area contributed by atoms with Gasteiger partial charge in [-0.2, -0.15) is 0 Å². The lowest BCUT2D eigenvalue weighted by molar-refractivity contribution is -0.167. The minimum Gasteiger partial charge on any atom is -0.396 e. The van der Waals surface area contributed by atoms with Gasteiger partial charge in [0.2, 0.25) is 5.91 Å². The van der Waals surface area contributed by atoms with E-state index >= 15 is 0 Å². The molecule has 2 aliphatic heterocycles. The Bertz CT molecular complexity index is 1810. The normalized spacial score (nSPS) is 33.0. The zero-order chi connectivity index (χ0) is 41.2. The average Bonchev–Trinajstić information content (AvgIpc) is 3.52. The molecule has 5 rings (SSSR count). The van der Waals surface area contributed by atoms with Crippen molar-refractivity contribution < 1.29 is 34.8 Å². The third-order valence-corrected chi connectivity index (χ3v) is 13.1. The molecule has 57 heavy (non-hydrogen) atoms. The Morgan fingerprint density at radius 2 is 1.95 bits per heavy atom. The maximum Gasteiger partial charge on any atom is 0.225 e. The van der Waals surface area contributed by atoms with Crippen molar-refractivity contribution in [3.63, 3.8) is 0 Å². The third-order valence-electron chi connectivity index (χ3n) is 13.1. The zero-order valence-electron chi connectivity index (χ0n) is 34.2. The van der Waals surface area contributed by atoms with Gasteiger partial charge in [0.15, 0.2) is 5.78 Å². The van der Waals surface area contributed by atoms with Gasteiger partial charge >= 0.3 is 0 Å². The first kappa shape index (κ1) is 44.4. The number of Topliss-reactive ketones (excluding diaryl/α,β-unsaturated/α-hetero) is 1. The van der Waals surface area contributed by atoms with Crippen LogP contribution < -0.4 is 16.4 Å². The molecule has 2 heterocycles. The van der Waals surface area contributed by atoms with Crippen LogP contribution in [0.5, 0.6) is 0 Å². The minimum atomic E-state index is -1.24. The molecule has 4 aliphatic rings. The monoisotopic (exact) mass is 783 g/mol. The van der Waals surface area contributed by atoms with Crippen LogP contribution in [0.3, 0.4) is 0 Å². The Balaban J connectivity index is 1.46. The summed E-state index contributed by atoms with van der Waals surface area (Å²) in [4.78, 5) is 26.6. The van der Waals surface area contributed by atoms with E-state index in [4.69, 9.17) is 10.5 Å². The molecule has 0 bridgehead atoms. The van der Waals surface area contributed by atoms with Crippen LogP contribution in [-0.4, -0.2) is 82.8 Å². The lowest BCUT2D eigenvalue weighted by atomic mass is 9.52. The number of carbonyl (C=O) groups excluding carboxylic acids is 2. The van der Waals surface area contributed by atoms with Gasteiger partial charge in [-0.05, 0) is 124 Å². The topological polar surface area (TPSA) is 174 Å². The lowest BCUT2D eigenvalue weighted by Gasteiger charge is -2.55. The van der Waals surface area contributed by atoms with Crippen LogP contribution in [0, 0.1) is 29.1 Å². The molecule has 0 unspecified atom stereocenters. The minimum absolute atomic E-state index is 0.00610. The van der Waals surface area contributed by atoms with Gasteiger partial charge in [-0.1, -0.05) is 72.1 Å². The molecule has 0 aromatic heterocycles. The van der Waals surface area contributed by atoms with Gasteiger partial charge in [0, 0.05) is 43.4 Å². The summed E-state index contributed by atoms with van der Waals surface area (Å²) in [6, 6.07) is 5.64. The first-order valence-electron chi connectivity index (χ1n) is 20.8. The summed E-state index contributed by atoms with van der Waals surface area (Å²) in [6.45, 7) is 11.5. The highest BCUT2D eigenvalue weighted by Crippen LogP contribution is 2.63. The molecule has 10 heteroatoms. The van der Waals surface area contributed by atoms with E-state index in [1.807, 2.05) is 50.3 Å². The zero-order valence-corrected chi connectivity index (χ0v) is 34.2. The van der Waals surface area contributed by atoms with Gasteiger partial charge in [-0.3, -0.25) is 9.59 Å². The van der Waals surface area contributed by atoms with Crippen LogP contribution in [0.1, 0.15) is 108 Å². The number of allylic oxidation sites excluding steroid dienone is 5. The summed E-state index contributed by atoms with van der Waals surface area (Å²) in [5.74, 6) is 5.44. The lowest BCUT2D eigenvalue weighted by Crippen LogP contribution is -2.59. The molecule has 1 aromatic carbocycles. The largest absolute Gasteiger partial charge is 0.396 e. The van der Waals surface area contributed by atoms with Crippen molar-refractivity contribution >= 4 is 11.7 Å². The van der Waals surface area contributed by atoms with Gasteiger partial charge < -0.3 is 41.5 Å². The van der Waals surface area contributed by atoms with Crippen LogP contribution in [0.4, 0.5) is 0 Å². The smallest absolute Gasteiger partial charge is 0.225 e. The predicted octanol–water partition coefficient (Wildman–Crippen LogP) is 4.96. The molecule has 310 valence electrons. The van der Waals surface area contributed by atoms with Crippen molar-refractivity contribution in [3.05, 3.63) is 93.6 Å². The summed E-state index contributed by atoms with van der Waals surface area (Å²) in [5.41, 5.74) is 10.9. The second kappa shape index (κ2) is 20.3. The number of unbranched alkanes of at least 4 members (excludes halogenated alkanes) is 1. The number of ether oxygens (including phenoxy) is 1. The number of amides is 1. The summed E-state index contributed by atoms with van der Waals surface area (Å²) in [6.07, 6.45) is 12.8. The van der Waals surface area contributed by atoms with Crippen molar-refractivity contribution in [2.24, 2.45) is 23.0 Å². The van der Waals surface area contributed by atoms with E-state index < -0.39 is 23.3 Å². The highest BCUT2D eigenvalue weighted by Gasteiger charge is 2.64. The van der Waals surface area contributed by atoms with Gasteiger partial charge in [-0.15, -0.1) is 0 Å². The van der Waals surface area contributed by atoms with E-state index in [9.17, 15) is 30.0 Å². The van der Waals surface area contributed by atoms with E-state index in [0.717, 1.165) is 59.2 Å². The number of carbonyl (C=O) groups is 2. The Hall–Kier alpha value is -3.66. The van der Waals surface area contributed by atoms with Crippen molar-refractivity contribution in [2.45, 2.75) is 122 Å². The first-order chi connectivity index (χ1) is 27.3. The fourth-order valence-electron chi connectivity index (χ4n) is 9.77. The second-order valence-electron chi connectivity index (χ2n) is 16.7. The number of nitrogens with one attached hydrogen (secondary N) is 2. The van der Waals surface area contributed by atoms with Crippen LogP contribution in [0.25, 0.3) is 0 Å². The van der Waals surface area contributed by atoms with Crippen LogP contribution >= 0.6 is 0 Å². The predicted molar refractivity (Wildman–Crippen MR) is 224 cm³/mol. The number of aliphatic hydroxyl groups excluding tert-OH is 3. The average molecular weight is 784 g/mol. The van der Waals surface area contributed by atoms with Crippen LogP contribution in [-0.2, 0) is 27.2 Å². The van der Waals surface area contributed by atoms with E-state index in [0.29, 0.717) is 50.5 Å². The highest BCUT2D eigenvalue weighted by molar-refractivity contribution is 5.97. The highest BCUT2D eigenvalue weighted by atomic mass is 16.5. The maximum atomic E-state index is 14.2. The molecule has 2 aliphatic carbocycles. The van der Waals surface area contributed by atoms with E-state index in [2.05, 4.69) is 42.1 Å². The van der Waals surface area contributed by atoms with Gasteiger partial charge in [-0.25, -0.2) is 0 Å². The first-order valence-corrected chi connectivity index (χ1v) is 20.8. The van der Waals surface area contributed by atoms with Crippen molar-refractivity contribution in [1.82, 2.24) is 10.6 Å². The number of benzene rings is 1. The van der Waals surface area contributed by atoms with E-state index in [1.165, 1.54) is 5.57 Å². The number of fused-ring (bicyclic) bond motifs is 1. The van der Waals surface area contributed by atoms with Crippen molar-refractivity contribution in [3.8, 4) is 11.8 Å². The van der Waals surface area contributed by atoms with Crippen molar-refractivity contribution in [1.29, 1.82) is 0 Å². The van der Waals surface area contributed by atoms with E-state index in [1.54, 1.807) is 0 Å². The molecule has 2 fully saturated rings. The SMILES string of the molecule is C=C1/C=C/C=C(\[C@H]2CC[C@@]3([C@H](CCCO)/C(=C(\C)C(=O)Cc4cccc5c4CC(=O)N[C@@H]5N)CC[C@@]3(C)O)[C@@H]2O)COCC#CC/C(C)=C/C[C@@H]1NCCCCO. The van der Waals surface area contributed by atoms with E-state index in [-0.39, 0.29) is 68.8 Å². The quantitative estimate of drug-likeness (QED) is 0.0669.